The van der Waals surface area contributed by atoms with E-state index in [9.17, 15) is 4.79 Å². The van der Waals surface area contributed by atoms with Gasteiger partial charge in [-0.1, -0.05) is 37.6 Å². The van der Waals surface area contributed by atoms with E-state index in [0.717, 1.165) is 12.8 Å². The lowest BCUT2D eigenvalue weighted by atomic mass is 9.81. The molecule has 1 saturated carbocycles. The average molecular weight is 252 g/mol. The number of hydrogen-bond acceptors (Lipinski definition) is 1. The topological polar surface area (TPSA) is 20.3 Å². The smallest absolute Gasteiger partial charge is 0.296 e. The van der Waals surface area contributed by atoms with Gasteiger partial charge in [0.25, 0.3) is 0 Å². The molecule has 17 heavy (non-hydrogen) atoms. The first-order valence-electron chi connectivity index (χ1n) is 6.21. The number of carbonyl (C=O) groups excluding carboxylic acids is 1. The van der Waals surface area contributed by atoms with E-state index < -0.39 is 5.37 Å². The van der Waals surface area contributed by atoms with Gasteiger partial charge in [0.15, 0.2) is 0 Å². The van der Waals surface area contributed by atoms with E-state index in [1.54, 1.807) is 4.90 Å². The Morgan fingerprint density at radius 2 is 2.12 bits per heavy atom. The summed E-state index contributed by atoms with van der Waals surface area (Å²) in [5, 5.41) is -0.404. The van der Waals surface area contributed by atoms with Crippen molar-refractivity contribution < 1.29 is 4.79 Å². The van der Waals surface area contributed by atoms with E-state index in [-0.39, 0.29) is 6.04 Å². The Morgan fingerprint density at radius 3 is 2.88 bits per heavy atom. The maximum atomic E-state index is 11.6. The van der Waals surface area contributed by atoms with Gasteiger partial charge in [0.1, 0.15) is 0 Å². The molecule has 1 aliphatic carbocycles. The quantitative estimate of drug-likeness (QED) is 0.466. The van der Waals surface area contributed by atoms with Gasteiger partial charge in [0.2, 0.25) is 0 Å². The van der Waals surface area contributed by atoms with Crippen LogP contribution >= 0.6 is 11.6 Å². The molecule has 2 atom stereocenters. The van der Waals surface area contributed by atoms with Crippen molar-refractivity contribution in [2.45, 2.75) is 38.1 Å². The molecule has 0 aromatic heterocycles. The number of halogens is 1. The lowest BCUT2D eigenvalue weighted by molar-refractivity contribution is 0.162. The van der Waals surface area contributed by atoms with Gasteiger partial charge >= 0.3 is 5.37 Å². The van der Waals surface area contributed by atoms with E-state index >= 15 is 0 Å². The molecule has 2 aliphatic rings. The van der Waals surface area contributed by atoms with Crippen molar-refractivity contribution in [3.8, 4) is 0 Å². The standard InChI is InChI=1S/C14H18ClNO/c1-11-7-3-2-4-8-12-9-5-6-10-13(12)16(11)14(15)17/h2-4,7,12-13H,1,5-6,8-10H2/b4-2-,7-3-. The monoisotopic (exact) mass is 251 g/mol. The second-order valence-corrected chi connectivity index (χ2v) is 5.07. The lowest BCUT2D eigenvalue weighted by Crippen LogP contribution is -2.42. The third-order valence-corrected chi connectivity index (χ3v) is 3.86. The van der Waals surface area contributed by atoms with Crippen LogP contribution in [0.1, 0.15) is 32.1 Å². The fourth-order valence-electron chi connectivity index (χ4n) is 2.84. The van der Waals surface area contributed by atoms with Crippen LogP contribution in [0.15, 0.2) is 36.6 Å². The second kappa shape index (κ2) is 5.54. The zero-order chi connectivity index (χ0) is 12.3. The van der Waals surface area contributed by atoms with Gasteiger partial charge < -0.3 is 0 Å². The minimum atomic E-state index is -0.404. The van der Waals surface area contributed by atoms with Gasteiger partial charge in [-0.3, -0.25) is 9.69 Å². The Kier molecular flexibility index (Phi) is 4.06. The Morgan fingerprint density at radius 1 is 1.35 bits per heavy atom. The van der Waals surface area contributed by atoms with Gasteiger partial charge in [0, 0.05) is 11.7 Å². The normalized spacial score (nSPS) is 33.0. The lowest BCUT2D eigenvalue weighted by Gasteiger charge is -2.38. The van der Waals surface area contributed by atoms with E-state index in [2.05, 4.69) is 12.7 Å². The van der Waals surface area contributed by atoms with Crippen LogP contribution in [-0.4, -0.2) is 16.3 Å². The highest BCUT2D eigenvalue weighted by Gasteiger charge is 2.32. The van der Waals surface area contributed by atoms with Crippen molar-refractivity contribution in [1.82, 2.24) is 4.90 Å². The second-order valence-electron chi connectivity index (χ2n) is 4.75. The van der Waals surface area contributed by atoms with Crippen LogP contribution in [0.5, 0.6) is 0 Å². The molecule has 0 radical (unpaired) electrons. The average Bonchev–Trinajstić information content (AvgIpc) is 2.37. The van der Waals surface area contributed by atoms with Crippen LogP contribution < -0.4 is 0 Å². The van der Waals surface area contributed by atoms with Crippen LogP contribution in [0.25, 0.3) is 0 Å². The zero-order valence-corrected chi connectivity index (χ0v) is 10.7. The van der Waals surface area contributed by atoms with Crippen molar-refractivity contribution in [3.63, 3.8) is 0 Å². The van der Waals surface area contributed by atoms with Gasteiger partial charge in [-0.25, -0.2) is 0 Å². The molecule has 92 valence electrons. The van der Waals surface area contributed by atoms with Crippen LogP contribution in [0.3, 0.4) is 0 Å². The summed E-state index contributed by atoms with van der Waals surface area (Å²) in [6.45, 7) is 3.95. The number of fused-ring (bicyclic) bond motifs is 1. The molecule has 1 aliphatic heterocycles. The summed E-state index contributed by atoms with van der Waals surface area (Å²) in [6, 6.07) is 0.216. The summed E-state index contributed by atoms with van der Waals surface area (Å²) < 4.78 is 0. The predicted molar refractivity (Wildman–Crippen MR) is 70.9 cm³/mol. The van der Waals surface area contributed by atoms with Crippen molar-refractivity contribution in [2.75, 3.05) is 0 Å². The number of amides is 1. The van der Waals surface area contributed by atoms with E-state index in [0.29, 0.717) is 11.6 Å². The molecule has 0 saturated heterocycles. The summed E-state index contributed by atoms with van der Waals surface area (Å²) in [6.07, 6.45) is 13.6. The Hall–Kier alpha value is -1.02. The maximum Gasteiger partial charge on any atom is 0.321 e. The molecular weight excluding hydrogens is 234 g/mol. The first-order valence-corrected chi connectivity index (χ1v) is 6.59. The summed E-state index contributed by atoms with van der Waals surface area (Å²) in [7, 11) is 0. The molecule has 1 fully saturated rings. The van der Waals surface area contributed by atoms with Crippen LogP contribution in [0, 0.1) is 5.92 Å². The molecule has 1 heterocycles. The largest absolute Gasteiger partial charge is 0.321 e. The fourth-order valence-corrected chi connectivity index (χ4v) is 3.07. The number of carbonyl (C=O) groups is 1. The molecule has 0 bridgehead atoms. The molecule has 0 aromatic rings. The highest BCUT2D eigenvalue weighted by molar-refractivity contribution is 6.63. The summed E-state index contributed by atoms with van der Waals surface area (Å²) >= 11 is 5.72. The van der Waals surface area contributed by atoms with Gasteiger partial charge in [-0.15, -0.1) is 0 Å². The maximum absolute atomic E-state index is 11.6. The summed E-state index contributed by atoms with van der Waals surface area (Å²) in [4.78, 5) is 13.3. The first kappa shape index (κ1) is 12.4. The van der Waals surface area contributed by atoms with E-state index in [1.165, 1.54) is 19.3 Å². The molecule has 2 nitrogen and oxygen atoms in total. The molecule has 1 amide bonds. The molecular formula is C14H18ClNO. The van der Waals surface area contributed by atoms with Gasteiger partial charge in [-0.05, 0) is 42.9 Å². The van der Waals surface area contributed by atoms with Crippen LogP contribution in [0.4, 0.5) is 4.79 Å². The zero-order valence-electron chi connectivity index (χ0n) is 9.94. The van der Waals surface area contributed by atoms with Gasteiger partial charge in [0.05, 0.1) is 0 Å². The van der Waals surface area contributed by atoms with Crippen molar-refractivity contribution in [3.05, 3.63) is 36.6 Å². The molecule has 0 N–H and O–H groups in total. The predicted octanol–water partition coefficient (Wildman–Crippen LogP) is 4.24. The fraction of sp³-hybridized carbons (Fsp3) is 0.500. The molecule has 0 spiro atoms. The third kappa shape index (κ3) is 2.81. The minimum Gasteiger partial charge on any atom is -0.296 e. The molecule has 0 aromatic carbocycles. The van der Waals surface area contributed by atoms with Crippen LogP contribution in [0.2, 0.25) is 0 Å². The summed E-state index contributed by atoms with van der Waals surface area (Å²) in [5.41, 5.74) is 0.702. The molecule has 3 heteroatoms. The third-order valence-electron chi connectivity index (χ3n) is 3.67. The SMILES string of the molecule is C=C1/C=C\C=C/CC2CCCCC2N1C(=O)Cl. The summed E-state index contributed by atoms with van der Waals surface area (Å²) in [5.74, 6) is 0.513. The number of nitrogens with zero attached hydrogens (tertiary/aromatic N) is 1. The minimum absolute atomic E-state index is 0.216. The van der Waals surface area contributed by atoms with Crippen molar-refractivity contribution in [1.29, 1.82) is 0 Å². The van der Waals surface area contributed by atoms with E-state index in [1.807, 2.05) is 18.2 Å². The first-order chi connectivity index (χ1) is 8.20. The number of allylic oxidation sites excluding steroid dienone is 4. The molecule has 2 unspecified atom stereocenters. The highest BCUT2D eigenvalue weighted by Crippen LogP contribution is 2.34. The highest BCUT2D eigenvalue weighted by atomic mass is 35.5. The number of hydrogen-bond donors (Lipinski definition) is 0. The Bertz CT molecular complexity index is 372. The van der Waals surface area contributed by atoms with Gasteiger partial charge in [-0.2, -0.15) is 0 Å². The number of rotatable bonds is 0. The van der Waals surface area contributed by atoms with Crippen molar-refractivity contribution in [2.24, 2.45) is 5.92 Å². The Balaban J connectivity index is 2.29. The van der Waals surface area contributed by atoms with Crippen LogP contribution in [-0.2, 0) is 0 Å². The van der Waals surface area contributed by atoms with Crippen molar-refractivity contribution >= 4 is 17.0 Å². The Labute approximate surface area is 108 Å². The van der Waals surface area contributed by atoms with E-state index in [4.69, 9.17) is 11.6 Å². The molecule has 2 rings (SSSR count).